The summed E-state index contributed by atoms with van der Waals surface area (Å²) in [5.41, 5.74) is 2.07. The number of aromatic nitrogens is 4. The second-order valence-electron chi connectivity index (χ2n) is 3.96. The minimum absolute atomic E-state index is 0.204. The first-order chi connectivity index (χ1) is 8.66. The molecule has 5 nitrogen and oxygen atoms in total. The molecule has 0 bridgehead atoms. The van der Waals surface area contributed by atoms with Crippen LogP contribution in [0.1, 0.15) is 5.56 Å². The van der Waals surface area contributed by atoms with Crippen LogP contribution in [0.4, 0.5) is 0 Å². The average molecular weight is 261 g/mol. The standard InChI is InChI=1S/C12H9ClN4O/c1-7-2-3-8(4-10(7)13)17-11-9(5-16-17)12(18)15-6-14-11/h2-6H,1H3,(H,14,15,18). The molecule has 0 fully saturated rings. The highest BCUT2D eigenvalue weighted by Gasteiger charge is 2.09. The Morgan fingerprint density at radius 3 is 3.00 bits per heavy atom. The van der Waals surface area contributed by atoms with E-state index in [0.29, 0.717) is 16.1 Å². The van der Waals surface area contributed by atoms with E-state index < -0.39 is 0 Å². The number of hydrogen-bond acceptors (Lipinski definition) is 3. The van der Waals surface area contributed by atoms with Crippen molar-refractivity contribution < 1.29 is 0 Å². The molecule has 1 N–H and O–H groups in total. The van der Waals surface area contributed by atoms with Gasteiger partial charge in [0.15, 0.2) is 5.65 Å². The van der Waals surface area contributed by atoms with Crippen LogP contribution in [-0.2, 0) is 0 Å². The second-order valence-corrected chi connectivity index (χ2v) is 4.37. The van der Waals surface area contributed by atoms with E-state index in [1.807, 2.05) is 19.1 Å². The SMILES string of the molecule is Cc1ccc(-n2ncc3c(=O)[nH]cnc32)cc1Cl. The first kappa shape index (κ1) is 11.0. The topological polar surface area (TPSA) is 63.6 Å². The van der Waals surface area contributed by atoms with Crippen LogP contribution < -0.4 is 5.56 Å². The van der Waals surface area contributed by atoms with E-state index in [-0.39, 0.29) is 5.56 Å². The van der Waals surface area contributed by atoms with Gasteiger partial charge in [-0.3, -0.25) is 4.79 Å². The number of aryl methyl sites for hydroxylation is 1. The van der Waals surface area contributed by atoms with E-state index in [1.54, 1.807) is 10.7 Å². The Balaban J connectivity index is 2.29. The molecule has 0 amide bonds. The number of hydrogen-bond donors (Lipinski definition) is 1. The fourth-order valence-electron chi connectivity index (χ4n) is 1.76. The molecule has 90 valence electrons. The smallest absolute Gasteiger partial charge is 0.261 e. The van der Waals surface area contributed by atoms with E-state index in [9.17, 15) is 4.79 Å². The Labute approximate surface area is 107 Å². The Kier molecular flexibility index (Phi) is 2.41. The monoisotopic (exact) mass is 260 g/mol. The third-order valence-corrected chi connectivity index (χ3v) is 3.18. The number of halogens is 1. The lowest BCUT2D eigenvalue weighted by atomic mass is 10.2. The zero-order valence-corrected chi connectivity index (χ0v) is 10.3. The van der Waals surface area contributed by atoms with Gasteiger partial charge in [-0.15, -0.1) is 0 Å². The maximum atomic E-state index is 11.6. The first-order valence-electron chi connectivity index (χ1n) is 5.35. The zero-order chi connectivity index (χ0) is 12.7. The number of nitrogens with one attached hydrogen (secondary N) is 1. The van der Waals surface area contributed by atoms with Gasteiger partial charge >= 0.3 is 0 Å². The van der Waals surface area contributed by atoms with Crippen LogP contribution in [-0.4, -0.2) is 19.7 Å². The number of benzene rings is 1. The summed E-state index contributed by atoms with van der Waals surface area (Å²) in [4.78, 5) is 18.2. The summed E-state index contributed by atoms with van der Waals surface area (Å²) in [6.07, 6.45) is 2.85. The van der Waals surface area contributed by atoms with Crippen molar-refractivity contribution in [3.8, 4) is 5.69 Å². The average Bonchev–Trinajstić information content (AvgIpc) is 2.78. The third kappa shape index (κ3) is 1.60. The van der Waals surface area contributed by atoms with Crippen LogP contribution in [0.2, 0.25) is 5.02 Å². The molecule has 0 saturated heterocycles. The Morgan fingerprint density at radius 1 is 1.39 bits per heavy atom. The normalized spacial score (nSPS) is 11.0. The Morgan fingerprint density at radius 2 is 2.22 bits per heavy atom. The van der Waals surface area contributed by atoms with Crippen molar-refractivity contribution in [2.75, 3.05) is 0 Å². The molecule has 6 heteroatoms. The first-order valence-corrected chi connectivity index (χ1v) is 5.72. The molecule has 0 radical (unpaired) electrons. The minimum atomic E-state index is -0.204. The third-order valence-electron chi connectivity index (χ3n) is 2.77. The van der Waals surface area contributed by atoms with E-state index >= 15 is 0 Å². The molecular weight excluding hydrogens is 252 g/mol. The molecule has 0 unspecified atom stereocenters. The van der Waals surface area contributed by atoms with Crippen molar-refractivity contribution in [1.29, 1.82) is 0 Å². The predicted octanol–water partition coefficient (Wildman–Crippen LogP) is 2.07. The molecule has 0 aliphatic carbocycles. The Hall–Kier alpha value is -2.14. The predicted molar refractivity (Wildman–Crippen MR) is 69.2 cm³/mol. The molecule has 3 rings (SSSR count). The van der Waals surface area contributed by atoms with Gasteiger partial charge < -0.3 is 4.98 Å². The lowest BCUT2D eigenvalue weighted by Gasteiger charge is -2.04. The molecule has 0 aliphatic rings. The maximum Gasteiger partial charge on any atom is 0.261 e. The van der Waals surface area contributed by atoms with Crippen molar-refractivity contribution in [2.45, 2.75) is 6.92 Å². The van der Waals surface area contributed by atoms with Crippen LogP contribution >= 0.6 is 11.6 Å². The van der Waals surface area contributed by atoms with E-state index in [1.165, 1.54) is 12.5 Å². The van der Waals surface area contributed by atoms with Gasteiger partial charge in [0.2, 0.25) is 0 Å². The largest absolute Gasteiger partial charge is 0.312 e. The van der Waals surface area contributed by atoms with Crippen molar-refractivity contribution in [3.63, 3.8) is 0 Å². The Bertz CT molecular complexity index is 790. The van der Waals surface area contributed by atoms with Crippen molar-refractivity contribution >= 4 is 22.6 Å². The summed E-state index contributed by atoms with van der Waals surface area (Å²) in [6, 6.07) is 5.58. The van der Waals surface area contributed by atoms with Gasteiger partial charge in [0.05, 0.1) is 18.2 Å². The number of fused-ring (bicyclic) bond motifs is 1. The zero-order valence-electron chi connectivity index (χ0n) is 9.51. The van der Waals surface area contributed by atoms with Crippen LogP contribution in [0.15, 0.2) is 35.5 Å². The minimum Gasteiger partial charge on any atom is -0.312 e. The molecule has 3 aromatic rings. The quantitative estimate of drug-likeness (QED) is 0.728. The molecule has 0 aliphatic heterocycles. The highest BCUT2D eigenvalue weighted by atomic mass is 35.5. The van der Waals surface area contributed by atoms with Crippen molar-refractivity contribution in [3.05, 3.63) is 51.7 Å². The highest BCUT2D eigenvalue weighted by Crippen LogP contribution is 2.20. The number of nitrogens with zero attached hydrogens (tertiary/aromatic N) is 3. The van der Waals surface area contributed by atoms with Gasteiger partial charge in [0.25, 0.3) is 5.56 Å². The number of H-pyrrole nitrogens is 1. The van der Waals surface area contributed by atoms with Crippen molar-refractivity contribution in [1.82, 2.24) is 19.7 Å². The second kappa shape index (κ2) is 3.96. The molecule has 0 spiro atoms. The number of aromatic amines is 1. The van der Waals surface area contributed by atoms with Gasteiger partial charge in [0, 0.05) is 5.02 Å². The molecule has 18 heavy (non-hydrogen) atoms. The van der Waals surface area contributed by atoms with Crippen LogP contribution in [0.3, 0.4) is 0 Å². The molecule has 0 atom stereocenters. The molecule has 0 saturated carbocycles. The van der Waals surface area contributed by atoms with Gasteiger partial charge in [0.1, 0.15) is 5.39 Å². The fourth-order valence-corrected chi connectivity index (χ4v) is 1.93. The van der Waals surface area contributed by atoms with E-state index in [4.69, 9.17) is 11.6 Å². The molecular formula is C12H9ClN4O. The highest BCUT2D eigenvalue weighted by molar-refractivity contribution is 6.31. The lowest BCUT2D eigenvalue weighted by Crippen LogP contribution is -2.06. The van der Waals surface area contributed by atoms with Gasteiger partial charge in [-0.2, -0.15) is 5.10 Å². The van der Waals surface area contributed by atoms with Gasteiger partial charge in [-0.25, -0.2) is 9.67 Å². The maximum absolute atomic E-state index is 11.6. The summed E-state index contributed by atoms with van der Waals surface area (Å²) in [7, 11) is 0. The number of rotatable bonds is 1. The van der Waals surface area contributed by atoms with Crippen LogP contribution in [0.25, 0.3) is 16.7 Å². The summed E-state index contributed by atoms with van der Waals surface area (Å²) >= 11 is 6.08. The lowest BCUT2D eigenvalue weighted by molar-refractivity contribution is 0.894. The van der Waals surface area contributed by atoms with Gasteiger partial charge in [-0.05, 0) is 24.6 Å². The van der Waals surface area contributed by atoms with Crippen LogP contribution in [0, 0.1) is 6.92 Å². The summed E-state index contributed by atoms with van der Waals surface area (Å²) in [5, 5.41) is 5.28. The molecule has 2 heterocycles. The molecule has 2 aromatic heterocycles. The summed E-state index contributed by atoms with van der Waals surface area (Å²) < 4.78 is 1.59. The summed E-state index contributed by atoms with van der Waals surface area (Å²) in [5.74, 6) is 0. The van der Waals surface area contributed by atoms with E-state index in [2.05, 4.69) is 15.1 Å². The summed E-state index contributed by atoms with van der Waals surface area (Å²) in [6.45, 7) is 1.93. The van der Waals surface area contributed by atoms with Gasteiger partial charge in [-0.1, -0.05) is 17.7 Å². The molecule has 1 aromatic carbocycles. The van der Waals surface area contributed by atoms with Crippen LogP contribution in [0.5, 0.6) is 0 Å². The van der Waals surface area contributed by atoms with Crippen molar-refractivity contribution in [2.24, 2.45) is 0 Å². The fraction of sp³-hybridized carbons (Fsp3) is 0.0833. The van der Waals surface area contributed by atoms with E-state index in [0.717, 1.165) is 11.3 Å².